The van der Waals surface area contributed by atoms with Crippen molar-refractivity contribution >= 4 is 15.7 Å². The first kappa shape index (κ1) is 15.3. The molecule has 1 aromatic carbocycles. The fraction of sp³-hybridized carbons (Fsp3) is 0.571. The van der Waals surface area contributed by atoms with Crippen LogP contribution in [0.2, 0.25) is 0 Å². The molecule has 1 aliphatic carbocycles. The summed E-state index contributed by atoms with van der Waals surface area (Å²) in [6.07, 6.45) is 4.16. The van der Waals surface area contributed by atoms with E-state index in [9.17, 15) is 13.5 Å². The van der Waals surface area contributed by atoms with Gasteiger partial charge in [0.25, 0.3) is 0 Å². The van der Waals surface area contributed by atoms with E-state index in [0.29, 0.717) is 12.2 Å². The first-order valence-electron chi connectivity index (χ1n) is 6.99. The SMILES string of the molecule is Nc1ccc(S(=O)(=O)NCC2CCCCC2CO)cc1. The molecule has 0 heterocycles. The fourth-order valence-corrected chi connectivity index (χ4v) is 3.84. The van der Waals surface area contributed by atoms with Gasteiger partial charge in [-0.05, 0) is 48.9 Å². The van der Waals surface area contributed by atoms with Crippen LogP contribution < -0.4 is 10.5 Å². The summed E-state index contributed by atoms with van der Waals surface area (Å²) in [5.41, 5.74) is 6.09. The molecule has 5 nitrogen and oxygen atoms in total. The van der Waals surface area contributed by atoms with Gasteiger partial charge in [-0.3, -0.25) is 0 Å². The standard InChI is InChI=1S/C14H22N2O3S/c15-13-5-7-14(8-6-13)20(18,19)16-9-11-3-1-2-4-12(11)10-17/h5-8,11-12,16-17H,1-4,9-10,15H2. The van der Waals surface area contributed by atoms with Gasteiger partial charge in [0, 0.05) is 18.8 Å². The summed E-state index contributed by atoms with van der Waals surface area (Å²) in [4.78, 5) is 0.225. The van der Waals surface area contributed by atoms with Crippen LogP contribution in [0.5, 0.6) is 0 Å². The molecule has 1 aliphatic rings. The number of hydrogen-bond acceptors (Lipinski definition) is 4. The van der Waals surface area contributed by atoms with Gasteiger partial charge in [-0.15, -0.1) is 0 Å². The van der Waals surface area contributed by atoms with Gasteiger partial charge < -0.3 is 10.8 Å². The molecule has 112 valence electrons. The Hall–Kier alpha value is -1.11. The molecule has 0 amide bonds. The largest absolute Gasteiger partial charge is 0.399 e. The van der Waals surface area contributed by atoms with Gasteiger partial charge in [0.1, 0.15) is 0 Å². The number of nitrogens with one attached hydrogen (secondary N) is 1. The van der Waals surface area contributed by atoms with Gasteiger partial charge in [0.05, 0.1) is 4.90 Å². The lowest BCUT2D eigenvalue weighted by atomic mass is 9.80. The van der Waals surface area contributed by atoms with E-state index < -0.39 is 10.0 Å². The number of benzene rings is 1. The average molecular weight is 298 g/mol. The zero-order valence-electron chi connectivity index (χ0n) is 11.5. The van der Waals surface area contributed by atoms with Gasteiger partial charge >= 0.3 is 0 Å². The highest BCUT2D eigenvalue weighted by molar-refractivity contribution is 7.89. The van der Waals surface area contributed by atoms with E-state index in [0.717, 1.165) is 25.7 Å². The summed E-state index contributed by atoms with van der Waals surface area (Å²) < 4.78 is 27.0. The Labute approximate surface area is 120 Å². The molecule has 1 saturated carbocycles. The number of sulfonamides is 1. The van der Waals surface area contributed by atoms with Crippen LogP contribution in [-0.2, 0) is 10.0 Å². The first-order valence-corrected chi connectivity index (χ1v) is 8.47. The lowest BCUT2D eigenvalue weighted by molar-refractivity contribution is 0.136. The van der Waals surface area contributed by atoms with Crippen LogP contribution in [0.3, 0.4) is 0 Å². The average Bonchev–Trinajstić information content (AvgIpc) is 2.46. The zero-order valence-corrected chi connectivity index (χ0v) is 12.3. The Balaban J connectivity index is 1.99. The molecular formula is C14H22N2O3S. The minimum absolute atomic E-state index is 0.133. The molecule has 0 radical (unpaired) electrons. The maximum Gasteiger partial charge on any atom is 0.240 e. The minimum Gasteiger partial charge on any atom is -0.399 e. The third-order valence-corrected chi connectivity index (χ3v) is 5.47. The van der Waals surface area contributed by atoms with E-state index in [4.69, 9.17) is 5.73 Å². The molecule has 1 fully saturated rings. The molecule has 2 rings (SSSR count). The number of nitrogen functional groups attached to an aromatic ring is 1. The predicted molar refractivity (Wildman–Crippen MR) is 78.6 cm³/mol. The molecular weight excluding hydrogens is 276 g/mol. The summed E-state index contributed by atoms with van der Waals surface area (Å²) >= 11 is 0. The van der Waals surface area contributed by atoms with Crippen molar-refractivity contribution in [3.63, 3.8) is 0 Å². The Morgan fingerprint density at radius 3 is 2.35 bits per heavy atom. The van der Waals surface area contributed by atoms with Gasteiger partial charge in [-0.2, -0.15) is 0 Å². The monoisotopic (exact) mass is 298 g/mol. The van der Waals surface area contributed by atoms with Crippen molar-refractivity contribution in [2.75, 3.05) is 18.9 Å². The van der Waals surface area contributed by atoms with Gasteiger partial charge in [-0.25, -0.2) is 13.1 Å². The van der Waals surface area contributed by atoms with E-state index >= 15 is 0 Å². The highest BCUT2D eigenvalue weighted by Crippen LogP contribution is 2.29. The third kappa shape index (κ3) is 3.71. The Bertz CT molecular complexity index is 528. The number of rotatable bonds is 5. The zero-order chi connectivity index (χ0) is 14.6. The maximum atomic E-state index is 12.2. The molecule has 2 unspecified atom stereocenters. The molecule has 4 N–H and O–H groups in total. The topological polar surface area (TPSA) is 92.4 Å². The second kappa shape index (κ2) is 6.56. The summed E-state index contributed by atoms with van der Waals surface area (Å²) in [5, 5.41) is 9.35. The predicted octanol–water partition coefficient (Wildman–Crippen LogP) is 1.35. The van der Waals surface area contributed by atoms with Crippen LogP contribution in [0.1, 0.15) is 25.7 Å². The van der Waals surface area contributed by atoms with Crippen molar-refractivity contribution < 1.29 is 13.5 Å². The van der Waals surface area contributed by atoms with E-state index in [1.54, 1.807) is 12.1 Å². The highest BCUT2D eigenvalue weighted by Gasteiger charge is 2.26. The van der Waals surface area contributed by atoms with Crippen LogP contribution in [0.25, 0.3) is 0 Å². The van der Waals surface area contributed by atoms with Crippen molar-refractivity contribution in [1.82, 2.24) is 4.72 Å². The molecule has 0 bridgehead atoms. The lowest BCUT2D eigenvalue weighted by Gasteiger charge is -2.30. The van der Waals surface area contributed by atoms with E-state index in [2.05, 4.69) is 4.72 Å². The third-order valence-electron chi connectivity index (χ3n) is 4.03. The van der Waals surface area contributed by atoms with Gasteiger partial charge in [0.15, 0.2) is 0 Å². The van der Waals surface area contributed by atoms with E-state index in [1.165, 1.54) is 12.1 Å². The van der Waals surface area contributed by atoms with Crippen LogP contribution in [-0.4, -0.2) is 26.7 Å². The number of anilines is 1. The molecule has 0 spiro atoms. The Kier molecular flexibility index (Phi) is 5.01. The van der Waals surface area contributed by atoms with E-state index in [1.807, 2.05) is 0 Å². The van der Waals surface area contributed by atoms with Crippen molar-refractivity contribution in [2.45, 2.75) is 30.6 Å². The Morgan fingerprint density at radius 1 is 1.15 bits per heavy atom. The van der Waals surface area contributed by atoms with Gasteiger partial charge in [0.2, 0.25) is 10.0 Å². The highest BCUT2D eigenvalue weighted by atomic mass is 32.2. The number of hydrogen-bond donors (Lipinski definition) is 3. The summed E-state index contributed by atoms with van der Waals surface area (Å²) in [7, 11) is -3.50. The second-order valence-electron chi connectivity index (χ2n) is 5.41. The maximum absolute atomic E-state index is 12.2. The summed E-state index contributed by atoms with van der Waals surface area (Å²) in [6.45, 7) is 0.520. The van der Waals surface area contributed by atoms with E-state index in [-0.39, 0.29) is 23.3 Å². The van der Waals surface area contributed by atoms with Crippen molar-refractivity contribution in [2.24, 2.45) is 11.8 Å². The fourth-order valence-electron chi connectivity index (χ4n) is 2.74. The van der Waals surface area contributed by atoms with Crippen molar-refractivity contribution in [3.05, 3.63) is 24.3 Å². The van der Waals surface area contributed by atoms with Crippen LogP contribution in [0, 0.1) is 11.8 Å². The quantitative estimate of drug-likeness (QED) is 0.715. The molecule has 1 aromatic rings. The Morgan fingerprint density at radius 2 is 1.75 bits per heavy atom. The molecule has 0 aromatic heterocycles. The smallest absolute Gasteiger partial charge is 0.240 e. The summed E-state index contributed by atoms with van der Waals surface area (Å²) in [6, 6.07) is 6.15. The number of aliphatic hydroxyl groups is 1. The molecule has 0 saturated heterocycles. The molecule has 6 heteroatoms. The number of aliphatic hydroxyl groups excluding tert-OH is 1. The minimum atomic E-state index is -3.50. The summed E-state index contributed by atoms with van der Waals surface area (Å²) in [5.74, 6) is 0.426. The first-order chi connectivity index (χ1) is 9.53. The van der Waals surface area contributed by atoms with Crippen LogP contribution in [0.4, 0.5) is 5.69 Å². The molecule has 2 atom stereocenters. The van der Waals surface area contributed by atoms with Crippen molar-refractivity contribution in [3.8, 4) is 0 Å². The number of nitrogens with two attached hydrogens (primary N) is 1. The second-order valence-corrected chi connectivity index (χ2v) is 7.18. The molecule has 20 heavy (non-hydrogen) atoms. The van der Waals surface area contributed by atoms with Crippen molar-refractivity contribution in [1.29, 1.82) is 0 Å². The molecule has 0 aliphatic heterocycles. The van der Waals surface area contributed by atoms with Crippen LogP contribution in [0.15, 0.2) is 29.2 Å². The van der Waals surface area contributed by atoms with Crippen LogP contribution >= 0.6 is 0 Å². The normalized spacial score (nSPS) is 23.6. The van der Waals surface area contributed by atoms with Gasteiger partial charge in [-0.1, -0.05) is 12.8 Å². The lowest BCUT2D eigenvalue weighted by Crippen LogP contribution is -2.35.